The van der Waals surface area contributed by atoms with Gasteiger partial charge in [0.1, 0.15) is 5.82 Å². The van der Waals surface area contributed by atoms with Crippen LogP contribution in [0.2, 0.25) is 0 Å². The summed E-state index contributed by atoms with van der Waals surface area (Å²) in [7, 11) is -3.70. The number of amides is 1. The Morgan fingerprint density at radius 1 is 1.38 bits per heavy atom. The van der Waals surface area contributed by atoms with Crippen molar-refractivity contribution in [2.75, 3.05) is 18.4 Å². The van der Waals surface area contributed by atoms with Crippen LogP contribution in [0.3, 0.4) is 0 Å². The summed E-state index contributed by atoms with van der Waals surface area (Å²) in [6, 6.07) is 5.87. The first-order valence-corrected chi connectivity index (χ1v) is 8.96. The quantitative estimate of drug-likeness (QED) is 0.873. The van der Waals surface area contributed by atoms with Crippen LogP contribution in [0, 0.1) is 11.7 Å². The van der Waals surface area contributed by atoms with E-state index in [1.165, 1.54) is 35.0 Å². The summed E-state index contributed by atoms with van der Waals surface area (Å²) in [4.78, 5) is 18.7. The number of carbonyl (C=O) groups is 1. The minimum atomic E-state index is -3.70. The van der Waals surface area contributed by atoms with Crippen LogP contribution < -0.4 is 5.32 Å². The monoisotopic (exact) mass is 352 g/mol. The fourth-order valence-electron chi connectivity index (χ4n) is 2.70. The summed E-state index contributed by atoms with van der Waals surface area (Å²) in [6.07, 6.45) is 3.63. The molecule has 1 aliphatic rings. The average molecular weight is 352 g/mol. The molecular weight excluding hydrogens is 335 g/mol. The van der Waals surface area contributed by atoms with Gasteiger partial charge in [0.15, 0.2) is 5.03 Å². The van der Waals surface area contributed by atoms with Crippen molar-refractivity contribution in [1.29, 1.82) is 0 Å². The average Bonchev–Trinajstić information content (AvgIpc) is 3.12. The van der Waals surface area contributed by atoms with Crippen molar-refractivity contribution in [2.24, 2.45) is 5.92 Å². The number of piperidine rings is 1. The highest BCUT2D eigenvalue weighted by Crippen LogP contribution is 2.24. The molecule has 0 saturated carbocycles. The molecule has 0 radical (unpaired) electrons. The number of rotatable bonds is 4. The molecule has 9 heteroatoms. The van der Waals surface area contributed by atoms with Crippen molar-refractivity contribution in [3.63, 3.8) is 0 Å². The maximum Gasteiger partial charge on any atom is 0.260 e. The number of para-hydroxylation sites is 1. The second-order valence-corrected chi connectivity index (χ2v) is 7.49. The summed E-state index contributed by atoms with van der Waals surface area (Å²) in [6.45, 7) is 0.395. The van der Waals surface area contributed by atoms with Crippen LogP contribution in [-0.4, -0.2) is 41.7 Å². The van der Waals surface area contributed by atoms with E-state index >= 15 is 0 Å². The molecule has 1 saturated heterocycles. The van der Waals surface area contributed by atoms with Crippen LogP contribution in [0.1, 0.15) is 12.8 Å². The summed E-state index contributed by atoms with van der Waals surface area (Å²) in [5.41, 5.74) is 0.0936. The molecule has 1 aliphatic heterocycles. The van der Waals surface area contributed by atoms with Crippen LogP contribution in [-0.2, 0) is 14.8 Å². The van der Waals surface area contributed by atoms with Gasteiger partial charge in [0, 0.05) is 13.1 Å². The van der Waals surface area contributed by atoms with E-state index < -0.39 is 21.8 Å². The minimum Gasteiger partial charge on any atom is -0.335 e. The lowest BCUT2D eigenvalue weighted by Gasteiger charge is -2.30. The third-order valence-corrected chi connectivity index (χ3v) is 5.77. The number of H-pyrrole nitrogens is 1. The Balaban J connectivity index is 1.72. The summed E-state index contributed by atoms with van der Waals surface area (Å²) < 4.78 is 39.9. The number of halogens is 1. The molecule has 128 valence electrons. The van der Waals surface area contributed by atoms with E-state index in [1.54, 1.807) is 6.07 Å². The molecule has 7 nitrogen and oxygen atoms in total. The van der Waals surface area contributed by atoms with Crippen molar-refractivity contribution < 1.29 is 17.6 Å². The molecule has 1 amide bonds. The molecule has 2 N–H and O–H groups in total. The predicted molar refractivity (Wildman–Crippen MR) is 85.1 cm³/mol. The number of anilines is 1. The smallest absolute Gasteiger partial charge is 0.260 e. The Morgan fingerprint density at radius 3 is 2.88 bits per heavy atom. The SMILES string of the molecule is O=C(Nc1ccccc1F)C1CCCN(S(=O)(=O)c2cnc[nH]2)C1. The molecule has 2 aromatic rings. The first-order chi connectivity index (χ1) is 11.5. The Hall–Kier alpha value is -2.26. The number of benzene rings is 1. The second kappa shape index (κ2) is 6.70. The lowest BCUT2D eigenvalue weighted by atomic mass is 9.98. The normalized spacial score (nSPS) is 19.1. The van der Waals surface area contributed by atoms with Gasteiger partial charge in [-0.1, -0.05) is 12.1 Å². The third kappa shape index (κ3) is 3.31. The Labute approximate surface area is 138 Å². The first kappa shape index (κ1) is 16.6. The van der Waals surface area contributed by atoms with Crippen molar-refractivity contribution in [3.8, 4) is 0 Å². The molecule has 24 heavy (non-hydrogen) atoms. The molecule has 1 fully saturated rings. The van der Waals surface area contributed by atoms with Gasteiger partial charge in [0.25, 0.3) is 10.0 Å². The summed E-state index contributed by atoms with van der Waals surface area (Å²) >= 11 is 0. The van der Waals surface area contributed by atoms with Crippen LogP contribution in [0.25, 0.3) is 0 Å². The van der Waals surface area contributed by atoms with E-state index in [0.29, 0.717) is 19.4 Å². The number of nitrogens with zero attached hydrogens (tertiary/aromatic N) is 2. The molecule has 1 atom stereocenters. The van der Waals surface area contributed by atoms with Crippen LogP contribution in [0.15, 0.2) is 41.8 Å². The van der Waals surface area contributed by atoms with Crippen molar-refractivity contribution in [2.45, 2.75) is 17.9 Å². The third-order valence-electron chi connectivity index (χ3n) is 3.98. The van der Waals surface area contributed by atoms with E-state index in [0.717, 1.165) is 0 Å². The van der Waals surface area contributed by atoms with Crippen LogP contribution in [0.5, 0.6) is 0 Å². The zero-order valence-corrected chi connectivity index (χ0v) is 13.6. The number of carbonyl (C=O) groups excluding carboxylic acids is 1. The maximum absolute atomic E-state index is 13.6. The number of aromatic amines is 1. The number of hydrogen-bond acceptors (Lipinski definition) is 4. The number of imidazole rings is 1. The number of sulfonamides is 1. The molecule has 2 heterocycles. The minimum absolute atomic E-state index is 0.00216. The van der Waals surface area contributed by atoms with Gasteiger partial charge in [0.2, 0.25) is 5.91 Å². The Bertz CT molecular complexity index is 823. The summed E-state index contributed by atoms with van der Waals surface area (Å²) in [5, 5.41) is 2.53. The highest BCUT2D eigenvalue weighted by atomic mass is 32.2. The molecule has 0 bridgehead atoms. The Kier molecular flexibility index (Phi) is 4.63. The highest BCUT2D eigenvalue weighted by molar-refractivity contribution is 7.89. The fourth-order valence-corrected chi connectivity index (χ4v) is 4.11. The zero-order chi connectivity index (χ0) is 17.2. The van der Waals surface area contributed by atoms with E-state index in [2.05, 4.69) is 15.3 Å². The van der Waals surface area contributed by atoms with E-state index in [-0.39, 0.29) is 23.2 Å². The topological polar surface area (TPSA) is 95.2 Å². The van der Waals surface area contributed by atoms with Gasteiger partial charge in [0.05, 0.1) is 24.1 Å². The van der Waals surface area contributed by atoms with Crippen molar-refractivity contribution in [3.05, 3.63) is 42.6 Å². The zero-order valence-electron chi connectivity index (χ0n) is 12.8. The van der Waals surface area contributed by atoms with Gasteiger partial charge < -0.3 is 10.3 Å². The fraction of sp³-hybridized carbons (Fsp3) is 0.333. The standard InChI is InChI=1S/C15H17FN4O3S/c16-12-5-1-2-6-13(12)19-15(21)11-4-3-7-20(9-11)24(22,23)14-8-17-10-18-14/h1-2,5-6,8,10-11H,3-4,7,9H2,(H,17,18)(H,19,21). The van der Waals surface area contributed by atoms with Gasteiger partial charge in [-0.05, 0) is 25.0 Å². The van der Waals surface area contributed by atoms with Gasteiger partial charge in [-0.2, -0.15) is 4.31 Å². The molecule has 0 spiro atoms. The number of aromatic nitrogens is 2. The maximum atomic E-state index is 13.6. The molecule has 0 aliphatic carbocycles. The highest BCUT2D eigenvalue weighted by Gasteiger charge is 2.34. The van der Waals surface area contributed by atoms with Gasteiger partial charge in [-0.25, -0.2) is 17.8 Å². The second-order valence-electron chi connectivity index (χ2n) is 5.59. The number of hydrogen-bond donors (Lipinski definition) is 2. The van der Waals surface area contributed by atoms with Gasteiger partial charge in [-0.3, -0.25) is 4.79 Å². The van der Waals surface area contributed by atoms with Crippen LogP contribution >= 0.6 is 0 Å². The van der Waals surface area contributed by atoms with Gasteiger partial charge >= 0.3 is 0 Å². The molecule has 1 unspecified atom stereocenters. The van der Waals surface area contributed by atoms with E-state index in [1.807, 2.05) is 0 Å². The number of nitrogens with one attached hydrogen (secondary N) is 2. The molecule has 3 rings (SSSR count). The first-order valence-electron chi connectivity index (χ1n) is 7.52. The molecule has 1 aromatic heterocycles. The van der Waals surface area contributed by atoms with Crippen LogP contribution in [0.4, 0.5) is 10.1 Å². The van der Waals surface area contributed by atoms with E-state index in [4.69, 9.17) is 0 Å². The summed E-state index contributed by atoms with van der Waals surface area (Å²) in [5.74, 6) is -1.44. The van der Waals surface area contributed by atoms with Gasteiger partial charge in [-0.15, -0.1) is 0 Å². The largest absolute Gasteiger partial charge is 0.335 e. The molecule has 1 aromatic carbocycles. The lowest BCUT2D eigenvalue weighted by Crippen LogP contribution is -2.43. The van der Waals surface area contributed by atoms with E-state index in [9.17, 15) is 17.6 Å². The predicted octanol–water partition coefficient (Wildman–Crippen LogP) is 1.59. The van der Waals surface area contributed by atoms with Crippen molar-refractivity contribution >= 4 is 21.6 Å². The molecular formula is C15H17FN4O3S. The lowest BCUT2D eigenvalue weighted by molar-refractivity contribution is -0.120. The Morgan fingerprint density at radius 2 is 2.17 bits per heavy atom. The van der Waals surface area contributed by atoms with Crippen molar-refractivity contribution in [1.82, 2.24) is 14.3 Å².